The summed E-state index contributed by atoms with van der Waals surface area (Å²) in [6, 6.07) is 0. The summed E-state index contributed by atoms with van der Waals surface area (Å²) >= 11 is 0. The molecule has 0 saturated carbocycles. The summed E-state index contributed by atoms with van der Waals surface area (Å²) in [5.41, 5.74) is 0.405. The average molecular weight is 138 g/mol. The molecule has 0 aliphatic carbocycles. The Bertz CT molecular complexity index is 351. The van der Waals surface area contributed by atoms with Crippen LogP contribution in [0, 0.1) is 6.92 Å². The van der Waals surface area contributed by atoms with E-state index in [9.17, 15) is 9.59 Å². The first-order valence-corrected chi connectivity index (χ1v) is 2.91. The maximum absolute atomic E-state index is 10.8. The Morgan fingerprint density at radius 2 is 1.90 bits per heavy atom. The SMILES string of the molecule is Bc1c(C)[nH]c(=O)[nH]c1=O. The number of aromatic nitrogens is 2. The van der Waals surface area contributed by atoms with Crippen LogP contribution in [0.3, 0.4) is 0 Å². The second kappa shape index (κ2) is 2.17. The van der Waals surface area contributed by atoms with Crippen LogP contribution in [-0.4, -0.2) is 17.8 Å². The number of hydrogen-bond acceptors (Lipinski definition) is 2. The number of nitrogens with one attached hydrogen (secondary N) is 2. The van der Waals surface area contributed by atoms with Gasteiger partial charge in [-0.05, 0) is 12.4 Å². The highest BCUT2D eigenvalue weighted by atomic mass is 16.2. The summed E-state index contributed by atoms with van der Waals surface area (Å²) in [5.74, 6) is 0. The predicted octanol–water partition coefficient (Wildman–Crippen LogP) is -2.37. The molecule has 1 aromatic rings. The molecule has 0 aliphatic rings. The van der Waals surface area contributed by atoms with E-state index in [1.54, 1.807) is 14.8 Å². The molecule has 2 N–H and O–H groups in total. The minimum atomic E-state index is -0.451. The Labute approximate surface area is 57.7 Å². The zero-order valence-corrected chi connectivity index (χ0v) is 5.82. The number of hydrogen-bond donors (Lipinski definition) is 2. The van der Waals surface area contributed by atoms with Crippen molar-refractivity contribution in [3.05, 3.63) is 26.5 Å². The smallest absolute Gasteiger partial charge is 0.312 e. The lowest BCUT2D eigenvalue weighted by Crippen LogP contribution is -2.37. The molecule has 1 aromatic heterocycles. The molecule has 0 unspecified atom stereocenters. The molecule has 0 fully saturated rings. The molecule has 0 radical (unpaired) electrons. The Morgan fingerprint density at radius 3 is 2.40 bits per heavy atom. The Hall–Kier alpha value is -1.26. The van der Waals surface area contributed by atoms with Crippen LogP contribution in [0.2, 0.25) is 0 Å². The molecule has 1 rings (SSSR count). The maximum atomic E-state index is 10.8. The molecule has 52 valence electrons. The van der Waals surface area contributed by atoms with E-state index in [-0.39, 0.29) is 5.56 Å². The standard InChI is InChI=1S/C5H7BN2O2/c1-2-3(6)4(9)8-5(10)7-2/h6H2,1H3,(H2,7,8,9,10). The van der Waals surface area contributed by atoms with Crippen molar-refractivity contribution < 1.29 is 0 Å². The summed E-state index contributed by atoms with van der Waals surface area (Å²) in [6.07, 6.45) is 0. The zero-order chi connectivity index (χ0) is 7.72. The van der Waals surface area contributed by atoms with Gasteiger partial charge in [0.05, 0.1) is 0 Å². The fourth-order valence-corrected chi connectivity index (χ4v) is 0.662. The summed E-state index contributed by atoms with van der Waals surface area (Å²) in [5, 5.41) is 0. The molecule has 0 amide bonds. The minimum Gasteiger partial charge on any atom is -0.312 e. The van der Waals surface area contributed by atoms with Crippen molar-refractivity contribution in [2.24, 2.45) is 0 Å². The van der Waals surface area contributed by atoms with Gasteiger partial charge in [0.1, 0.15) is 7.85 Å². The maximum Gasteiger partial charge on any atom is 0.325 e. The first kappa shape index (κ1) is 6.86. The second-order valence-corrected chi connectivity index (χ2v) is 2.16. The van der Waals surface area contributed by atoms with Gasteiger partial charge in [0.25, 0.3) is 0 Å². The van der Waals surface area contributed by atoms with E-state index >= 15 is 0 Å². The highest BCUT2D eigenvalue weighted by Gasteiger charge is 1.96. The molecular formula is C5H7BN2O2. The van der Waals surface area contributed by atoms with Gasteiger partial charge in [-0.1, -0.05) is 0 Å². The Balaban J connectivity index is 3.62. The van der Waals surface area contributed by atoms with Gasteiger partial charge in [0, 0.05) is 5.69 Å². The lowest BCUT2D eigenvalue weighted by Gasteiger charge is -1.93. The van der Waals surface area contributed by atoms with Gasteiger partial charge in [-0.3, -0.25) is 9.78 Å². The highest BCUT2D eigenvalue weighted by Crippen LogP contribution is 1.69. The number of aromatic amines is 2. The molecule has 0 bridgehead atoms. The molecule has 0 aliphatic heterocycles. The van der Waals surface area contributed by atoms with E-state index in [0.717, 1.165) is 0 Å². The van der Waals surface area contributed by atoms with E-state index < -0.39 is 5.69 Å². The monoisotopic (exact) mass is 138 g/mol. The van der Waals surface area contributed by atoms with Crippen LogP contribution < -0.4 is 16.7 Å². The van der Waals surface area contributed by atoms with Gasteiger partial charge >= 0.3 is 5.69 Å². The molecule has 1 heterocycles. The van der Waals surface area contributed by atoms with Gasteiger partial charge in [0.15, 0.2) is 0 Å². The second-order valence-electron chi connectivity index (χ2n) is 2.16. The third kappa shape index (κ3) is 1.02. The van der Waals surface area contributed by atoms with Crippen molar-refractivity contribution in [3.8, 4) is 0 Å². The summed E-state index contributed by atoms with van der Waals surface area (Å²) < 4.78 is 0. The minimum absolute atomic E-state index is 0.318. The van der Waals surface area contributed by atoms with Crippen LogP contribution in [0.5, 0.6) is 0 Å². The molecule has 5 heteroatoms. The predicted molar refractivity (Wildman–Crippen MR) is 40.6 cm³/mol. The molecule has 0 spiro atoms. The van der Waals surface area contributed by atoms with Crippen LogP contribution in [-0.2, 0) is 0 Å². The molecule has 0 aromatic carbocycles. The molecule has 10 heavy (non-hydrogen) atoms. The van der Waals surface area contributed by atoms with Gasteiger partial charge in [0.2, 0.25) is 5.56 Å². The van der Waals surface area contributed by atoms with E-state index in [1.165, 1.54) is 0 Å². The van der Waals surface area contributed by atoms with Crippen LogP contribution >= 0.6 is 0 Å². The van der Waals surface area contributed by atoms with Crippen molar-refractivity contribution in [1.29, 1.82) is 0 Å². The highest BCUT2D eigenvalue weighted by molar-refractivity contribution is 6.32. The largest absolute Gasteiger partial charge is 0.325 e. The first-order chi connectivity index (χ1) is 4.61. The first-order valence-electron chi connectivity index (χ1n) is 2.91. The van der Waals surface area contributed by atoms with Gasteiger partial charge in [-0.2, -0.15) is 0 Å². The van der Waals surface area contributed by atoms with Crippen LogP contribution in [0.15, 0.2) is 9.59 Å². The Kier molecular flexibility index (Phi) is 1.49. The quantitative estimate of drug-likeness (QED) is 0.393. The number of rotatable bonds is 0. The van der Waals surface area contributed by atoms with Crippen molar-refractivity contribution in [3.63, 3.8) is 0 Å². The lowest BCUT2D eigenvalue weighted by atomic mass is 9.97. The Morgan fingerprint density at radius 1 is 1.30 bits per heavy atom. The number of aryl methyl sites for hydroxylation is 1. The molecule has 0 saturated heterocycles. The van der Waals surface area contributed by atoms with Crippen LogP contribution in [0.4, 0.5) is 0 Å². The van der Waals surface area contributed by atoms with Gasteiger partial charge in [-0.15, -0.1) is 0 Å². The third-order valence-corrected chi connectivity index (χ3v) is 1.43. The lowest BCUT2D eigenvalue weighted by molar-refractivity contribution is 1.01. The number of H-pyrrole nitrogens is 2. The molecule has 4 nitrogen and oxygen atoms in total. The van der Waals surface area contributed by atoms with E-state index in [0.29, 0.717) is 11.2 Å². The topological polar surface area (TPSA) is 65.7 Å². The summed E-state index contributed by atoms with van der Waals surface area (Å²) in [4.78, 5) is 25.9. The van der Waals surface area contributed by atoms with Gasteiger partial charge in [-0.25, -0.2) is 4.79 Å². The van der Waals surface area contributed by atoms with Crippen molar-refractivity contribution in [1.82, 2.24) is 9.97 Å². The van der Waals surface area contributed by atoms with Gasteiger partial charge < -0.3 is 4.98 Å². The molecule has 0 atom stereocenters. The molecular weight excluding hydrogens is 131 g/mol. The summed E-state index contributed by atoms with van der Waals surface area (Å²) in [7, 11) is 1.66. The van der Waals surface area contributed by atoms with E-state index in [2.05, 4.69) is 9.97 Å². The van der Waals surface area contributed by atoms with E-state index in [4.69, 9.17) is 0 Å². The third-order valence-electron chi connectivity index (χ3n) is 1.43. The van der Waals surface area contributed by atoms with Crippen LogP contribution in [0.1, 0.15) is 5.69 Å². The van der Waals surface area contributed by atoms with Crippen molar-refractivity contribution in [2.45, 2.75) is 6.92 Å². The zero-order valence-electron chi connectivity index (χ0n) is 5.82. The fourth-order valence-electron chi connectivity index (χ4n) is 0.662. The summed E-state index contributed by atoms with van der Waals surface area (Å²) in [6.45, 7) is 1.69. The van der Waals surface area contributed by atoms with Crippen molar-refractivity contribution in [2.75, 3.05) is 0 Å². The van der Waals surface area contributed by atoms with Crippen molar-refractivity contribution >= 4 is 13.3 Å². The van der Waals surface area contributed by atoms with Crippen LogP contribution in [0.25, 0.3) is 0 Å². The van der Waals surface area contributed by atoms with E-state index in [1.807, 2.05) is 0 Å². The normalized spacial score (nSPS) is 9.70. The fraction of sp³-hybridized carbons (Fsp3) is 0.200. The average Bonchev–Trinajstić information content (AvgIpc) is 1.82.